The third-order valence-electron chi connectivity index (χ3n) is 1.34. The number of aromatic nitrogens is 2. The lowest BCUT2D eigenvalue weighted by molar-refractivity contribution is 1.11. The second-order valence-corrected chi connectivity index (χ2v) is 3.49. The number of rotatable bonds is 3. The van der Waals surface area contributed by atoms with Gasteiger partial charge in [-0.05, 0) is 0 Å². The van der Waals surface area contributed by atoms with Gasteiger partial charge in [0, 0.05) is 11.0 Å². The monoisotopic (exact) mass is 244 g/mol. The van der Waals surface area contributed by atoms with Gasteiger partial charge in [0.05, 0.1) is 6.33 Å². The van der Waals surface area contributed by atoms with Crippen molar-refractivity contribution in [3.05, 3.63) is 27.7 Å². The van der Waals surface area contributed by atoms with Crippen molar-refractivity contribution in [2.75, 3.05) is 17.6 Å². The average Bonchev–Trinajstić information content (AvgIpc) is 2.07. The quantitative estimate of drug-likeness (QED) is 0.730. The summed E-state index contributed by atoms with van der Waals surface area (Å²) in [6.07, 6.45) is 1.29. The molecule has 1 aromatic heterocycles. The largest absolute Gasteiger partial charge is 0.391 e. The van der Waals surface area contributed by atoms with Crippen LogP contribution in [-0.2, 0) is 0 Å². The molecule has 0 spiro atoms. The minimum atomic E-state index is -0.349. The fourth-order valence-electron chi connectivity index (χ4n) is 0.731. The van der Waals surface area contributed by atoms with Gasteiger partial charge in [-0.3, -0.25) is 4.79 Å². The van der Waals surface area contributed by atoms with Crippen LogP contribution < -0.4 is 16.6 Å². The van der Waals surface area contributed by atoms with Crippen LogP contribution in [0.5, 0.6) is 0 Å². The average molecular weight is 245 g/mol. The minimum absolute atomic E-state index is 0.0799. The van der Waals surface area contributed by atoms with Crippen molar-refractivity contribution in [1.82, 2.24) is 9.97 Å². The van der Waals surface area contributed by atoms with Crippen molar-refractivity contribution in [3.63, 3.8) is 0 Å². The molecule has 4 N–H and O–H groups in total. The Balaban J connectivity index is 2.83. The van der Waals surface area contributed by atoms with Crippen LogP contribution >= 0.6 is 15.9 Å². The minimum Gasteiger partial charge on any atom is -0.391 e. The molecule has 0 unspecified atom stereocenters. The van der Waals surface area contributed by atoms with Gasteiger partial charge in [-0.1, -0.05) is 22.5 Å². The number of nitrogen functional groups attached to an aromatic ring is 1. The van der Waals surface area contributed by atoms with Gasteiger partial charge in [-0.2, -0.15) is 0 Å². The highest BCUT2D eigenvalue weighted by Gasteiger charge is 2.02. The first-order valence-electron chi connectivity index (χ1n) is 3.51. The molecule has 0 aliphatic rings. The van der Waals surface area contributed by atoms with Crippen molar-refractivity contribution < 1.29 is 0 Å². The van der Waals surface area contributed by atoms with E-state index in [1.54, 1.807) is 0 Å². The first-order chi connectivity index (χ1) is 6.11. The highest BCUT2D eigenvalue weighted by Crippen LogP contribution is 2.09. The second-order valence-electron chi connectivity index (χ2n) is 2.36. The molecule has 0 aliphatic carbocycles. The zero-order chi connectivity index (χ0) is 9.84. The number of nitrogens with zero attached hydrogens (tertiary/aromatic N) is 1. The van der Waals surface area contributed by atoms with Gasteiger partial charge in [0.15, 0.2) is 5.82 Å². The smallest absolute Gasteiger partial charge is 0.276 e. The van der Waals surface area contributed by atoms with Gasteiger partial charge >= 0.3 is 0 Å². The summed E-state index contributed by atoms with van der Waals surface area (Å²) in [5.41, 5.74) is 5.19. The highest BCUT2D eigenvalue weighted by atomic mass is 79.9. The van der Waals surface area contributed by atoms with Crippen molar-refractivity contribution in [2.24, 2.45) is 0 Å². The first-order valence-corrected chi connectivity index (χ1v) is 4.31. The van der Waals surface area contributed by atoms with Crippen LogP contribution in [0.3, 0.4) is 0 Å². The van der Waals surface area contributed by atoms with Gasteiger partial charge in [0.2, 0.25) is 0 Å². The molecule has 0 aromatic carbocycles. The molecule has 1 aromatic rings. The molecule has 6 heteroatoms. The first kappa shape index (κ1) is 9.79. The van der Waals surface area contributed by atoms with Crippen LogP contribution in [0.1, 0.15) is 0 Å². The van der Waals surface area contributed by atoms with Gasteiger partial charge < -0.3 is 16.0 Å². The molecule has 5 nitrogen and oxygen atoms in total. The zero-order valence-electron chi connectivity index (χ0n) is 6.80. The predicted octanol–water partition coefficient (Wildman–Crippen LogP) is 0.673. The normalized spacial score (nSPS) is 9.62. The fraction of sp³-hybridized carbons (Fsp3) is 0.143. The summed E-state index contributed by atoms with van der Waals surface area (Å²) in [4.78, 5) is 17.2. The van der Waals surface area contributed by atoms with E-state index in [0.29, 0.717) is 12.4 Å². The molecule has 0 saturated carbocycles. The lowest BCUT2D eigenvalue weighted by Crippen LogP contribution is -2.16. The Labute approximate surface area is 83.2 Å². The van der Waals surface area contributed by atoms with E-state index in [1.165, 1.54) is 6.33 Å². The molecule has 0 fully saturated rings. The Kier molecular flexibility index (Phi) is 3.07. The van der Waals surface area contributed by atoms with E-state index >= 15 is 0 Å². The molecular weight excluding hydrogens is 236 g/mol. The van der Waals surface area contributed by atoms with E-state index in [0.717, 1.165) is 4.48 Å². The Morgan fingerprint density at radius 1 is 1.85 bits per heavy atom. The van der Waals surface area contributed by atoms with Crippen LogP contribution in [0.2, 0.25) is 0 Å². The topological polar surface area (TPSA) is 83.8 Å². The van der Waals surface area contributed by atoms with Crippen LogP contribution in [0.25, 0.3) is 0 Å². The van der Waals surface area contributed by atoms with E-state index in [9.17, 15) is 4.79 Å². The Hall–Kier alpha value is -1.30. The predicted molar refractivity (Wildman–Crippen MR) is 55.8 cm³/mol. The molecule has 0 bridgehead atoms. The number of hydrogen-bond donors (Lipinski definition) is 3. The highest BCUT2D eigenvalue weighted by molar-refractivity contribution is 9.11. The fourth-order valence-corrected chi connectivity index (χ4v) is 0.871. The molecule has 70 valence electrons. The summed E-state index contributed by atoms with van der Waals surface area (Å²) < 4.78 is 0.758. The van der Waals surface area contributed by atoms with Crippen LogP contribution in [0.4, 0.5) is 11.5 Å². The lowest BCUT2D eigenvalue weighted by atomic mass is 10.4. The molecular formula is C7H9BrN4O. The Morgan fingerprint density at radius 2 is 2.54 bits per heavy atom. The van der Waals surface area contributed by atoms with Gasteiger partial charge in [0.25, 0.3) is 5.56 Å². The van der Waals surface area contributed by atoms with Crippen molar-refractivity contribution in [1.29, 1.82) is 0 Å². The van der Waals surface area contributed by atoms with Crippen molar-refractivity contribution in [3.8, 4) is 0 Å². The third kappa shape index (κ3) is 2.59. The van der Waals surface area contributed by atoms with Crippen LogP contribution in [-0.4, -0.2) is 16.5 Å². The molecule has 0 atom stereocenters. The Morgan fingerprint density at radius 3 is 3.15 bits per heavy atom. The van der Waals surface area contributed by atoms with Gasteiger partial charge in [0.1, 0.15) is 5.69 Å². The summed E-state index contributed by atoms with van der Waals surface area (Å²) in [5, 5.41) is 2.85. The summed E-state index contributed by atoms with van der Waals surface area (Å²) in [5.74, 6) is 0.365. The standard InChI is InChI=1S/C7H9BrN4O/c1-4(8)2-10-6-5(9)7(13)12-3-11-6/h3H,1-2,9H2,(H2,10,11,12,13). The SMILES string of the molecule is C=C(Br)CNc1nc[nH]c(=O)c1N. The number of halogens is 1. The number of aromatic amines is 1. The maximum absolute atomic E-state index is 11.0. The number of nitrogens with one attached hydrogen (secondary N) is 2. The van der Waals surface area contributed by atoms with E-state index in [-0.39, 0.29) is 11.2 Å². The summed E-state index contributed by atoms with van der Waals surface area (Å²) in [7, 11) is 0. The van der Waals surface area contributed by atoms with E-state index < -0.39 is 0 Å². The maximum Gasteiger partial charge on any atom is 0.276 e. The number of nitrogens with two attached hydrogens (primary N) is 1. The maximum atomic E-state index is 11.0. The summed E-state index contributed by atoms with van der Waals surface area (Å²) >= 11 is 3.16. The molecule has 1 heterocycles. The number of hydrogen-bond acceptors (Lipinski definition) is 4. The number of anilines is 2. The Bertz CT molecular complexity index is 373. The second kappa shape index (κ2) is 4.08. The van der Waals surface area contributed by atoms with Gasteiger partial charge in [-0.15, -0.1) is 0 Å². The van der Waals surface area contributed by atoms with E-state index in [1.807, 2.05) is 0 Å². The molecule has 0 aliphatic heterocycles. The van der Waals surface area contributed by atoms with E-state index in [2.05, 4.69) is 37.8 Å². The van der Waals surface area contributed by atoms with Gasteiger partial charge in [-0.25, -0.2) is 4.98 Å². The van der Waals surface area contributed by atoms with Crippen LogP contribution in [0, 0.1) is 0 Å². The van der Waals surface area contributed by atoms with E-state index in [4.69, 9.17) is 5.73 Å². The summed E-state index contributed by atoms with van der Waals surface area (Å²) in [6, 6.07) is 0. The third-order valence-corrected chi connectivity index (χ3v) is 1.62. The molecule has 0 amide bonds. The molecule has 0 saturated heterocycles. The molecule has 0 radical (unpaired) electrons. The van der Waals surface area contributed by atoms with Crippen molar-refractivity contribution >= 4 is 27.4 Å². The number of H-pyrrole nitrogens is 1. The molecule has 1 rings (SSSR count). The van der Waals surface area contributed by atoms with Crippen LogP contribution in [0.15, 0.2) is 22.2 Å². The zero-order valence-corrected chi connectivity index (χ0v) is 8.39. The summed E-state index contributed by atoms with van der Waals surface area (Å²) in [6.45, 7) is 4.09. The molecule has 13 heavy (non-hydrogen) atoms. The lowest BCUT2D eigenvalue weighted by Gasteiger charge is -2.04. The van der Waals surface area contributed by atoms with Crippen molar-refractivity contribution in [2.45, 2.75) is 0 Å².